The summed E-state index contributed by atoms with van der Waals surface area (Å²) in [6, 6.07) is 4.76. The fraction of sp³-hybridized carbons (Fsp3) is 0.438. The number of hydrogen-bond donors (Lipinski definition) is 1. The highest BCUT2D eigenvalue weighted by Gasteiger charge is 2.29. The van der Waals surface area contributed by atoms with Gasteiger partial charge in [0.1, 0.15) is 0 Å². The highest BCUT2D eigenvalue weighted by Crippen LogP contribution is 2.29. The van der Waals surface area contributed by atoms with Crippen LogP contribution < -0.4 is 5.32 Å². The summed E-state index contributed by atoms with van der Waals surface area (Å²) in [5.41, 5.74) is -0.113. The first kappa shape index (κ1) is 16.5. The zero-order chi connectivity index (χ0) is 16.2. The Balaban J connectivity index is 1.93. The molecule has 0 bridgehead atoms. The normalized spacial score (nSPS) is 19.1. The number of carbonyl (C=O) groups is 1. The van der Waals surface area contributed by atoms with Crippen molar-refractivity contribution in [2.24, 2.45) is 5.92 Å². The largest absolute Gasteiger partial charge is 0.416 e. The molecule has 120 valence electrons. The lowest BCUT2D eigenvalue weighted by Crippen LogP contribution is -2.28. The average Bonchev–Trinajstić information content (AvgIpc) is 2.93. The van der Waals surface area contributed by atoms with Crippen molar-refractivity contribution < 1.29 is 18.0 Å². The Kier molecular flexibility index (Phi) is 5.24. The number of hydrogen-bond acceptors (Lipinski definition) is 2. The van der Waals surface area contributed by atoms with Gasteiger partial charge >= 0.3 is 6.18 Å². The number of alkyl halides is 3. The molecule has 1 aliphatic heterocycles. The van der Waals surface area contributed by atoms with Gasteiger partial charge in [-0.3, -0.25) is 4.79 Å². The van der Waals surface area contributed by atoms with E-state index in [0.29, 0.717) is 11.5 Å². The maximum absolute atomic E-state index is 12.5. The third kappa shape index (κ3) is 4.34. The Morgan fingerprint density at radius 2 is 2.05 bits per heavy atom. The minimum Gasteiger partial charge on any atom is -0.339 e. The number of likely N-dealkylation sites (tertiary alicyclic amines) is 1. The molecule has 0 aliphatic carbocycles. The smallest absolute Gasteiger partial charge is 0.339 e. The van der Waals surface area contributed by atoms with E-state index >= 15 is 0 Å². The fourth-order valence-electron chi connectivity index (χ4n) is 2.54. The van der Waals surface area contributed by atoms with Crippen LogP contribution in [-0.4, -0.2) is 37.5 Å². The second-order valence-electron chi connectivity index (χ2n) is 5.45. The molecule has 0 spiro atoms. The lowest BCUT2D eigenvalue weighted by Gasteiger charge is -2.14. The molecule has 1 amide bonds. The molecule has 0 aromatic heterocycles. The Morgan fingerprint density at radius 1 is 1.36 bits per heavy atom. The van der Waals surface area contributed by atoms with Gasteiger partial charge < -0.3 is 10.2 Å². The fourth-order valence-corrected chi connectivity index (χ4v) is 2.54. The maximum atomic E-state index is 12.5. The van der Waals surface area contributed by atoms with Crippen LogP contribution >= 0.6 is 0 Å². The average molecular weight is 312 g/mol. The Hall–Kier alpha value is -1.82. The van der Waals surface area contributed by atoms with E-state index < -0.39 is 11.7 Å². The van der Waals surface area contributed by atoms with Gasteiger partial charge in [0.15, 0.2) is 0 Å². The predicted molar refractivity (Wildman–Crippen MR) is 79.1 cm³/mol. The zero-order valence-corrected chi connectivity index (χ0v) is 12.4. The zero-order valence-electron chi connectivity index (χ0n) is 12.4. The van der Waals surface area contributed by atoms with Gasteiger partial charge in [-0.1, -0.05) is 12.1 Å². The van der Waals surface area contributed by atoms with Crippen molar-refractivity contribution in [1.29, 1.82) is 0 Å². The summed E-state index contributed by atoms with van der Waals surface area (Å²) in [5, 5.41) is 3.10. The number of benzene rings is 1. The summed E-state index contributed by atoms with van der Waals surface area (Å²) >= 11 is 0. The molecule has 1 unspecified atom stereocenters. The van der Waals surface area contributed by atoms with Crippen molar-refractivity contribution in [1.82, 2.24) is 10.2 Å². The first-order valence-electron chi connectivity index (χ1n) is 7.19. The maximum Gasteiger partial charge on any atom is 0.416 e. The molecule has 1 fully saturated rings. The van der Waals surface area contributed by atoms with Gasteiger partial charge in [0.2, 0.25) is 5.91 Å². The third-order valence-electron chi connectivity index (χ3n) is 3.75. The van der Waals surface area contributed by atoms with E-state index in [0.717, 1.165) is 38.2 Å². The van der Waals surface area contributed by atoms with E-state index in [1.165, 1.54) is 18.2 Å². The van der Waals surface area contributed by atoms with E-state index in [1.54, 1.807) is 11.0 Å². The first-order valence-corrected chi connectivity index (χ1v) is 7.19. The molecule has 1 aromatic rings. The highest BCUT2D eigenvalue weighted by molar-refractivity contribution is 5.91. The van der Waals surface area contributed by atoms with Gasteiger partial charge in [-0.15, -0.1) is 0 Å². The molecule has 2 rings (SSSR count). The van der Waals surface area contributed by atoms with Crippen molar-refractivity contribution in [2.45, 2.75) is 12.6 Å². The molecule has 3 nitrogen and oxygen atoms in total. The molecule has 0 saturated carbocycles. The monoisotopic (exact) mass is 312 g/mol. The highest BCUT2D eigenvalue weighted by atomic mass is 19.4. The molecule has 22 heavy (non-hydrogen) atoms. The lowest BCUT2D eigenvalue weighted by atomic mass is 10.1. The minimum absolute atomic E-state index is 0.0986. The number of nitrogens with zero attached hydrogens (tertiary/aromatic N) is 1. The lowest BCUT2D eigenvalue weighted by molar-refractivity contribution is -0.137. The van der Waals surface area contributed by atoms with Crippen LogP contribution in [-0.2, 0) is 11.0 Å². The van der Waals surface area contributed by atoms with Crippen LogP contribution in [0.5, 0.6) is 0 Å². The molecule has 1 saturated heterocycles. The molecule has 1 N–H and O–H groups in total. The van der Waals surface area contributed by atoms with Crippen molar-refractivity contribution in [3.05, 3.63) is 41.5 Å². The van der Waals surface area contributed by atoms with Crippen LogP contribution in [0.15, 0.2) is 30.3 Å². The van der Waals surface area contributed by atoms with Crippen LogP contribution in [0, 0.1) is 5.92 Å². The topological polar surface area (TPSA) is 32.3 Å². The van der Waals surface area contributed by atoms with Crippen molar-refractivity contribution in [2.75, 3.05) is 26.7 Å². The Labute approximate surface area is 127 Å². The number of amides is 1. The van der Waals surface area contributed by atoms with E-state index in [2.05, 4.69) is 5.32 Å². The van der Waals surface area contributed by atoms with Crippen LogP contribution in [0.25, 0.3) is 6.08 Å². The summed E-state index contributed by atoms with van der Waals surface area (Å²) in [4.78, 5) is 13.8. The molecular weight excluding hydrogens is 293 g/mol. The van der Waals surface area contributed by atoms with E-state index in [9.17, 15) is 18.0 Å². The van der Waals surface area contributed by atoms with E-state index in [-0.39, 0.29) is 5.91 Å². The van der Waals surface area contributed by atoms with Crippen LogP contribution in [0.4, 0.5) is 13.2 Å². The number of carbonyl (C=O) groups excluding carboxylic acids is 1. The van der Waals surface area contributed by atoms with Crippen LogP contribution in [0.3, 0.4) is 0 Å². The van der Waals surface area contributed by atoms with Gasteiger partial charge in [0.05, 0.1) is 5.56 Å². The van der Waals surface area contributed by atoms with Crippen molar-refractivity contribution in [3.8, 4) is 0 Å². The number of halogens is 3. The van der Waals surface area contributed by atoms with Gasteiger partial charge in [-0.25, -0.2) is 0 Å². The molecule has 1 aliphatic rings. The second-order valence-corrected chi connectivity index (χ2v) is 5.45. The van der Waals surface area contributed by atoms with Gasteiger partial charge in [-0.2, -0.15) is 13.2 Å². The predicted octanol–water partition coefficient (Wildman–Crippen LogP) is 2.79. The summed E-state index contributed by atoms with van der Waals surface area (Å²) in [6.45, 7) is 2.33. The standard InChI is InChI=1S/C16H19F3N2O/c1-20-10-13-8-9-21(11-13)15(22)7-4-12-2-5-14(6-3-12)16(17,18)19/h2-7,13,20H,8-11H2,1H3. The molecule has 1 atom stereocenters. The van der Waals surface area contributed by atoms with E-state index in [1.807, 2.05) is 7.05 Å². The van der Waals surface area contributed by atoms with Crippen LogP contribution in [0.1, 0.15) is 17.5 Å². The van der Waals surface area contributed by atoms with Crippen molar-refractivity contribution >= 4 is 12.0 Å². The molecule has 1 heterocycles. The van der Waals surface area contributed by atoms with E-state index in [4.69, 9.17) is 0 Å². The van der Waals surface area contributed by atoms with Crippen molar-refractivity contribution in [3.63, 3.8) is 0 Å². The summed E-state index contributed by atoms with van der Waals surface area (Å²) in [7, 11) is 1.88. The SMILES string of the molecule is CNCC1CCN(C(=O)C=Cc2ccc(C(F)(F)F)cc2)C1. The molecule has 0 radical (unpaired) electrons. The molecular formula is C16H19F3N2O. The Morgan fingerprint density at radius 3 is 2.64 bits per heavy atom. The summed E-state index contributed by atoms with van der Waals surface area (Å²) in [6.07, 6.45) is -0.394. The number of nitrogens with one attached hydrogen (secondary N) is 1. The quantitative estimate of drug-likeness (QED) is 0.867. The first-order chi connectivity index (χ1) is 10.4. The molecule has 1 aromatic carbocycles. The second kappa shape index (κ2) is 6.96. The number of rotatable bonds is 4. The van der Waals surface area contributed by atoms with Crippen LogP contribution in [0.2, 0.25) is 0 Å². The van der Waals surface area contributed by atoms with Gasteiger partial charge in [-0.05, 0) is 49.7 Å². The Bertz CT molecular complexity index is 537. The summed E-state index contributed by atoms with van der Waals surface area (Å²) < 4.78 is 37.4. The molecule has 6 heteroatoms. The third-order valence-corrected chi connectivity index (χ3v) is 3.75. The van der Waals surface area contributed by atoms with Gasteiger partial charge in [0, 0.05) is 19.2 Å². The summed E-state index contributed by atoms with van der Waals surface area (Å²) in [5.74, 6) is 0.368. The van der Waals surface area contributed by atoms with Gasteiger partial charge in [0.25, 0.3) is 0 Å². The minimum atomic E-state index is -4.34.